The number of nitriles is 1. The quantitative estimate of drug-likeness (QED) is 0.638. The molecule has 1 amide bonds. The van der Waals surface area contributed by atoms with Crippen LogP contribution in [-0.2, 0) is 0 Å². The molecule has 0 aliphatic heterocycles. The summed E-state index contributed by atoms with van der Waals surface area (Å²) < 4.78 is 23.5. The molecule has 0 saturated carbocycles. The fourth-order valence-electron chi connectivity index (χ4n) is 3.26. The van der Waals surface area contributed by atoms with E-state index in [9.17, 15) is 10.1 Å². The number of furan rings is 1. The Hall–Kier alpha value is -3.86. The number of hydrogen-bond acceptors (Lipinski definition) is 6. The smallest absolute Gasteiger partial charge is 0.256 e. The van der Waals surface area contributed by atoms with Crippen LogP contribution in [0.3, 0.4) is 0 Å². The maximum Gasteiger partial charge on any atom is 0.256 e. The van der Waals surface area contributed by atoms with Crippen LogP contribution < -0.4 is 19.5 Å². The molecular weight excluding hydrogens is 386 g/mol. The summed E-state index contributed by atoms with van der Waals surface area (Å²) in [6.07, 6.45) is 3.50. The van der Waals surface area contributed by atoms with Crippen LogP contribution in [0.5, 0.6) is 17.2 Å². The van der Waals surface area contributed by atoms with Crippen LogP contribution in [0.15, 0.2) is 41.1 Å². The fourth-order valence-corrected chi connectivity index (χ4v) is 3.26. The molecule has 0 spiro atoms. The standard InChI is InChI=1S/C22H23N3O5/c1-13(15-10-17(27-3)20(29-5)18(11-15)28-4)24-21(26)19-14(2)30-22(16(19)12-23)25-8-6-7-9-25/h6-11,13H,1-5H3,(H,24,26)/t13-/m1/s1. The highest BCUT2D eigenvalue weighted by Crippen LogP contribution is 2.39. The molecule has 0 aliphatic carbocycles. The van der Waals surface area contributed by atoms with Crippen LogP contribution in [0.1, 0.15) is 40.2 Å². The van der Waals surface area contributed by atoms with Crippen molar-refractivity contribution in [1.29, 1.82) is 5.26 Å². The third kappa shape index (κ3) is 3.70. The van der Waals surface area contributed by atoms with Crippen LogP contribution in [0.25, 0.3) is 5.88 Å². The van der Waals surface area contributed by atoms with Gasteiger partial charge >= 0.3 is 0 Å². The van der Waals surface area contributed by atoms with Gasteiger partial charge in [-0.1, -0.05) is 0 Å². The molecule has 0 aliphatic rings. The minimum absolute atomic E-state index is 0.179. The molecule has 1 atom stereocenters. The number of ether oxygens (including phenoxy) is 3. The first-order valence-electron chi connectivity index (χ1n) is 9.22. The molecule has 2 aromatic heterocycles. The van der Waals surface area contributed by atoms with E-state index in [1.807, 2.05) is 19.1 Å². The second kappa shape index (κ2) is 8.66. The van der Waals surface area contributed by atoms with E-state index >= 15 is 0 Å². The van der Waals surface area contributed by atoms with E-state index in [0.717, 1.165) is 5.56 Å². The summed E-state index contributed by atoms with van der Waals surface area (Å²) in [5, 5.41) is 12.6. The second-order valence-electron chi connectivity index (χ2n) is 6.57. The largest absolute Gasteiger partial charge is 0.493 e. The lowest BCUT2D eigenvalue weighted by atomic mass is 10.1. The molecule has 1 N–H and O–H groups in total. The van der Waals surface area contributed by atoms with Crippen molar-refractivity contribution < 1.29 is 23.4 Å². The highest BCUT2D eigenvalue weighted by atomic mass is 16.5. The van der Waals surface area contributed by atoms with E-state index in [1.165, 1.54) is 21.3 Å². The topological polar surface area (TPSA) is 98.7 Å². The van der Waals surface area contributed by atoms with Crippen molar-refractivity contribution in [1.82, 2.24) is 9.88 Å². The number of hydrogen-bond donors (Lipinski definition) is 1. The zero-order chi connectivity index (χ0) is 21.8. The lowest BCUT2D eigenvalue weighted by Gasteiger charge is -2.18. The number of carbonyl (C=O) groups excluding carboxylic acids is 1. The molecule has 0 fully saturated rings. The van der Waals surface area contributed by atoms with Gasteiger partial charge in [0.05, 0.1) is 27.4 Å². The summed E-state index contributed by atoms with van der Waals surface area (Å²) in [5.74, 6) is 1.71. The Morgan fingerprint density at radius 1 is 1.13 bits per heavy atom. The van der Waals surface area contributed by atoms with E-state index in [-0.39, 0.29) is 11.1 Å². The third-order valence-electron chi connectivity index (χ3n) is 4.78. The van der Waals surface area contributed by atoms with Gasteiger partial charge in [0.25, 0.3) is 5.91 Å². The number of amides is 1. The van der Waals surface area contributed by atoms with E-state index < -0.39 is 11.9 Å². The minimum atomic E-state index is -0.410. The lowest BCUT2D eigenvalue weighted by Crippen LogP contribution is -2.27. The monoisotopic (exact) mass is 409 g/mol. The summed E-state index contributed by atoms with van der Waals surface area (Å²) in [4.78, 5) is 13.0. The molecule has 0 bridgehead atoms. The van der Waals surface area contributed by atoms with Gasteiger partial charge in [-0.25, -0.2) is 0 Å². The van der Waals surface area contributed by atoms with Gasteiger partial charge in [0, 0.05) is 12.4 Å². The molecule has 0 unspecified atom stereocenters. The summed E-state index contributed by atoms with van der Waals surface area (Å²) in [6.45, 7) is 3.49. The van der Waals surface area contributed by atoms with E-state index in [4.69, 9.17) is 18.6 Å². The van der Waals surface area contributed by atoms with Gasteiger partial charge in [-0.15, -0.1) is 0 Å². The fraction of sp³-hybridized carbons (Fsp3) is 0.273. The zero-order valence-corrected chi connectivity index (χ0v) is 17.5. The van der Waals surface area contributed by atoms with Crippen molar-refractivity contribution in [3.8, 4) is 29.2 Å². The number of benzene rings is 1. The minimum Gasteiger partial charge on any atom is -0.493 e. The number of aryl methyl sites for hydroxylation is 1. The second-order valence-corrected chi connectivity index (χ2v) is 6.57. The van der Waals surface area contributed by atoms with Crippen molar-refractivity contribution in [3.05, 3.63) is 59.1 Å². The van der Waals surface area contributed by atoms with E-state index in [2.05, 4.69) is 11.4 Å². The first-order chi connectivity index (χ1) is 14.4. The first kappa shape index (κ1) is 20.9. The molecular formula is C22H23N3O5. The van der Waals surface area contributed by atoms with Crippen LogP contribution in [0.2, 0.25) is 0 Å². The predicted octanol–water partition coefficient (Wildman–Crippen LogP) is 3.77. The number of nitrogens with zero attached hydrogens (tertiary/aromatic N) is 2. The van der Waals surface area contributed by atoms with Gasteiger partial charge < -0.3 is 23.9 Å². The van der Waals surface area contributed by atoms with Crippen molar-refractivity contribution >= 4 is 5.91 Å². The van der Waals surface area contributed by atoms with Gasteiger partial charge in [-0.3, -0.25) is 9.36 Å². The number of aromatic nitrogens is 1. The molecule has 30 heavy (non-hydrogen) atoms. The van der Waals surface area contributed by atoms with Gasteiger partial charge in [-0.05, 0) is 43.7 Å². The van der Waals surface area contributed by atoms with Crippen LogP contribution in [0, 0.1) is 18.3 Å². The van der Waals surface area contributed by atoms with Crippen LogP contribution in [-0.4, -0.2) is 31.8 Å². The normalized spacial score (nSPS) is 11.5. The molecule has 8 nitrogen and oxygen atoms in total. The summed E-state index contributed by atoms with van der Waals surface area (Å²) >= 11 is 0. The van der Waals surface area contributed by atoms with Crippen molar-refractivity contribution in [2.24, 2.45) is 0 Å². The summed E-state index contributed by atoms with van der Waals surface area (Å²) in [7, 11) is 4.58. The SMILES string of the molecule is COc1cc([C@@H](C)NC(=O)c2c(C)oc(-n3cccc3)c2C#N)cc(OC)c1OC. The molecule has 3 aromatic rings. The van der Waals surface area contributed by atoms with Gasteiger partial charge in [0.1, 0.15) is 23.0 Å². The number of methoxy groups -OCH3 is 3. The molecule has 0 saturated heterocycles. The maximum absolute atomic E-state index is 13.0. The highest BCUT2D eigenvalue weighted by Gasteiger charge is 2.26. The Labute approximate surface area is 174 Å². The average molecular weight is 409 g/mol. The van der Waals surface area contributed by atoms with Gasteiger partial charge in [0.2, 0.25) is 11.6 Å². The molecule has 3 rings (SSSR count). The molecule has 156 valence electrons. The zero-order valence-electron chi connectivity index (χ0n) is 17.5. The van der Waals surface area contributed by atoms with Crippen molar-refractivity contribution in [3.63, 3.8) is 0 Å². The van der Waals surface area contributed by atoms with Crippen LogP contribution in [0.4, 0.5) is 0 Å². The molecule has 1 aromatic carbocycles. The van der Waals surface area contributed by atoms with Gasteiger partial charge in [-0.2, -0.15) is 5.26 Å². The van der Waals surface area contributed by atoms with E-state index in [1.54, 1.807) is 36.0 Å². The Balaban J connectivity index is 1.93. The Bertz CT molecular complexity index is 1070. The third-order valence-corrected chi connectivity index (χ3v) is 4.78. The maximum atomic E-state index is 13.0. The van der Waals surface area contributed by atoms with Crippen LogP contribution >= 0.6 is 0 Å². The predicted molar refractivity (Wildman–Crippen MR) is 109 cm³/mol. The Morgan fingerprint density at radius 2 is 1.73 bits per heavy atom. The summed E-state index contributed by atoms with van der Waals surface area (Å²) in [6, 6.07) is 8.85. The Morgan fingerprint density at radius 3 is 2.23 bits per heavy atom. The first-order valence-corrected chi connectivity index (χ1v) is 9.22. The molecule has 0 radical (unpaired) electrons. The Kier molecular flexibility index (Phi) is 6.02. The number of nitrogens with one attached hydrogen (secondary N) is 1. The number of carbonyl (C=O) groups is 1. The highest BCUT2D eigenvalue weighted by molar-refractivity contribution is 5.98. The number of rotatable bonds is 7. The van der Waals surface area contributed by atoms with Crippen molar-refractivity contribution in [2.45, 2.75) is 19.9 Å². The lowest BCUT2D eigenvalue weighted by molar-refractivity contribution is 0.0938. The summed E-state index contributed by atoms with van der Waals surface area (Å²) in [5.41, 5.74) is 1.14. The van der Waals surface area contributed by atoms with Gasteiger partial charge in [0.15, 0.2) is 11.5 Å². The van der Waals surface area contributed by atoms with Crippen molar-refractivity contribution in [2.75, 3.05) is 21.3 Å². The average Bonchev–Trinajstić information content (AvgIpc) is 3.39. The van der Waals surface area contributed by atoms with E-state index in [0.29, 0.717) is 28.9 Å². The molecule has 2 heterocycles. The molecule has 8 heteroatoms.